The lowest BCUT2D eigenvalue weighted by Gasteiger charge is -2.42. The molecule has 2 aliphatic heterocycles. The molecular formula is C21H25BBrNO6. The van der Waals surface area contributed by atoms with Crippen LogP contribution in [0.2, 0.25) is 0 Å². The van der Waals surface area contributed by atoms with Gasteiger partial charge < -0.3 is 19.5 Å². The largest absolute Gasteiger partial charge is 0.508 e. The third kappa shape index (κ3) is 3.51. The number of carbonyl (C=O) groups excluding carboxylic acids is 2. The van der Waals surface area contributed by atoms with Crippen LogP contribution in [0, 0.1) is 17.8 Å². The minimum absolute atomic E-state index is 0.0636. The van der Waals surface area contributed by atoms with Gasteiger partial charge in [0.1, 0.15) is 5.75 Å². The highest BCUT2D eigenvalue weighted by molar-refractivity contribution is 9.10. The number of amides is 2. The van der Waals surface area contributed by atoms with Gasteiger partial charge in [-0.15, -0.1) is 0 Å². The van der Waals surface area contributed by atoms with Gasteiger partial charge in [0.25, 0.3) is 0 Å². The molecular weight excluding hydrogens is 453 g/mol. The zero-order valence-corrected chi connectivity index (χ0v) is 18.6. The first-order chi connectivity index (χ1) is 14.4. The minimum Gasteiger partial charge on any atom is -0.508 e. The van der Waals surface area contributed by atoms with Gasteiger partial charge in [0.05, 0.1) is 24.5 Å². The highest BCUT2D eigenvalue weighted by Gasteiger charge is 2.57. The molecule has 9 heteroatoms. The number of aromatic hydroxyl groups is 1. The average Bonchev–Trinajstić information content (AvgIpc) is 2.95. The first-order valence-electron chi connectivity index (χ1n) is 10.2. The van der Waals surface area contributed by atoms with Gasteiger partial charge in [-0.25, -0.2) is 0 Å². The molecule has 0 radical (unpaired) electrons. The number of allylic oxidation sites excluding steroid dienone is 1. The number of phenolic OH excluding ortho intramolecular Hbond substituents is 1. The first kappa shape index (κ1) is 21.6. The van der Waals surface area contributed by atoms with E-state index in [2.05, 4.69) is 15.9 Å². The number of halogens is 1. The van der Waals surface area contributed by atoms with E-state index in [1.165, 1.54) is 4.90 Å². The number of nitrogens with zero attached hydrogens (tertiary/aromatic N) is 1. The second-order valence-electron chi connectivity index (χ2n) is 8.18. The van der Waals surface area contributed by atoms with E-state index in [0.29, 0.717) is 36.8 Å². The normalized spacial score (nSPS) is 28.8. The molecule has 2 amide bonds. The van der Waals surface area contributed by atoms with E-state index in [0.717, 1.165) is 10.0 Å². The van der Waals surface area contributed by atoms with Crippen LogP contribution in [0.5, 0.6) is 5.75 Å². The maximum absolute atomic E-state index is 13.2. The van der Waals surface area contributed by atoms with Crippen molar-refractivity contribution in [2.75, 3.05) is 20.3 Å². The molecule has 2 heterocycles. The first-order valence-corrected chi connectivity index (χ1v) is 11.0. The van der Waals surface area contributed by atoms with Gasteiger partial charge in [-0.2, -0.15) is 0 Å². The fraction of sp³-hybridized carbons (Fsp3) is 0.524. The number of methoxy groups -OCH3 is 1. The number of phenols is 1. The van der Waals surface area contributed by atoms with Gasteiger partial charge in [0, 0.05) is 23.7 Å². The summed E-state index contributed by atoms with van der Waals surface area (Å²) in [5.41, 5.74) is 2.02. The Hall–Kier alpha value is -1.68. The molecule has 0 spiro atoms. The Morgan fingerprint density at radius 1 is 1.30 bits per heavy atom. The Bertz CT molecular complexity index is 905. The monoisotopic (exact) mass is 477 g/mol. The van der Waals surface area contributed by atoms with E-state index in [1.54, 1.807) is 25.3 Å². The summed E-state index contributed by atoms with van der Waals surface area (Å²) in [7, 11) is 0.347. The van der Waals surface area contributed by atoms with Crippen molar-refractivity contribution >= 4 is 34.9 Å². The highest BCUT2D eigenvalue weighted by atomic mass is 79.9. The van der Waals surface area contributed by atoms with Crippen molar-refractivity contribution in [3.63, 3.8) is 0 Å². The third-order valence-corrected chi connectivity index (χ3v) is 6.90. The molecule has 1 aromatic rings. The lowest BCUT2D eigenvalue weighted by molar-refractivity contribution is -0.140. The Balaban J connectivity index is 1.75. The van der Waals surface area contributed by atoms with Crippen LogP contribution in [0.25, 0.3) is 0 Å². The van der Waals surface area contributed by atoms with Crippen LogP contribution in [0.4, 0.5) is 0 Å². The lowest BCUT2D eigenvalue weighted by atomic mass is 9.55. The van der Waals surface area contributed by atoms with Crippen LogP contribution in [-0.4, -0.2) is 54.2 Å². The average molecular weight is 478 g/mol. The second-order valence-corrected chi connectivity index (χ2v) is 9.09. The topological polar surface area (TPSA) is 96.3 Å². The number of rotatable bonds is 5. The van der Waals surface area contributed by atoms with Crippen molar-refractivity contribution < 1.29 is 29.1 Å². The summed E-state index contributed by atoms with van der Waals surface area (Å²) in [6.07, 6.45) is 0.885. The molecule has 2 saturated heterocycles. The van der Waals surface area contributed by atoms with E-state index in [9.17, 15) is 19.7 Å². The summed E-state index contributed by atoms with van der Waals surface area (Å²) in [6.45, 7) is 2.62. The predicted octanol–water partition coefficient (Wildman–Crippen LogP) is 2.61. The highest BCUT2D eigenvalue weighted by Crippen LogP contribution is 2.52. The van der Waals surface area contributed by atoms with Crippen molar-refractivity contribution in [2.24, 2.45) is 17.8 Å². The molecule has 2 fully saturated rings. The molecule has 160 valence electrons. The molecule has 1 aliphatic carbocycles. The number of likely N-dealkylation sites (tertiary alicyclic amines) is 1. The van der Waals surface area contributed by atoms with Crippen molar-refractivity contribution in [2.45, 2.75) is 32.3 Å². The quantitative estimate of drug-likeness (QED) is 0.499. The predicted molar refractivity (Wildman–Crippen MR) is 113 cm³/mol. The van der Waals surface area contributed by atoms with Crippen LogP contribution < -0.4 is 0 Å². The molecule has 3 aliphatic rings. The molecule has 2 N–H and O–H groups in total. The van der Waals surface area contributed by atoms with Gasteiger partial charge in [-0.05, 0) is 54.4 Å². The van der Waals surface area contributed by atoms with Crippen LogP contribution in [-0.2, 0) is 19.0 Å². The maximum atomic E-state index is 13.2. The number of imide groups is 1. The number of benzene rings is 1. The lowest BCUT2D eigenvalue weighted by Crippen LogP contribution is -2.45. The fourth-order valence-electron chi connectivity index (χ4n) is 5.21. The smallest absolute Gasteiger partial charge is 0.487 e. The molecule has 1 aromatic carbocycles. The molecule has 0 unspecified atom stereocenters. The number of hydrogen-bond donors (Lipinski definition) is 2. The van der Waals surface area contributed by atoms with Crippen LogP contribution >= 0.6 is 15.9 Å². The van der Waals surface area contributed by atoms with Crippen molar-refractivity contribution in [1.29, 1.82) is 0 Å². The van der Waals surface area contributed by atoms with Gasteiger partial charge >= 0.3 is 7.12 Å². The summed E-state index contributed by atoms with van der Waals surface area (Å²) < 4.78 is 12.0. The number of fused-ring (bicyclic) bond motifs is 3. The Morgan fingerprint density at radius 2 is 2.07 bits per heavy atom. The SMILES string of the molecule is CCCN1C(=O)[C@H]2[C@H](CC(COC)=C3B(O)O[C@H](c4cc(Br)ccc4O)C[C@H]32)C1=O. The zero-order valence-electron chi connectivity index (χ0n) is 17.0. The minimum atomic E-state index is -1.22. The van der Waals surface area contributed by atoms with E-state index in [-0.39, 0.29) is 30.1 Å². The van der Waals surface area contributed by atoms with Crippen molar-refractivity contribution in [3.05, 3.63) is 39.3 Å². The molecule has 7 nitrogen and oxygen atoms in total. The van der Waals surface area contributed by atoms with Gasteiger partial charge in [0.15, 0.2) is 0 Å². The zero-order chi connectivity index (χ0) is 21.6. The number of ether oxygens (including phenoxy) is 1. The van der Waals surface area contributed by atoms with Crippen LogP contribution in [0.3, 0.4) is 0 Å². The van der Waals surface area contributed by atoms with E-state index in [4.69, 9.17) is 9.39 Å². The standard InChI is InChI=1S/C21H25BBrNO6/c1-3-6-24-20(26)15-7-11(10-29-2)19-14(18(15)21(24)27)9-17(30-22(19)28)13-8-12(23)4-5-16(13)25/h4-5,8,14-15,17-18,25,28H,3,6-7,9-10H2,1-2H3/t14-,15-,17-,18+/m0/s1. The molecule has 0 aromatic heterocycles. The van der Waals surface area contributed by atoms with Gasteiger partial charge in [-0.3, -0.25) is 14.5 Å². The van der Waals surface area contributed by atoms with Crippen molar-refractivity contribution in [1.82, 2.24) is 4.90 Å². The summed E-state index contributed by atoms with van der Waals surface area (Å²) >= 11 is 3.40. The summed E-state index contributed by atoms with van der Waals surface area (Å²) in [4.78, 5) is 27.6. The molecule has 30 heavy (non-hydrogen) atoms. The van der Waals surface area contributed by atoms with Gasteiger partial charge in [0.2, 0.25) is 11.8 Å². The van der Waals surface area contributed by atoms with Crippen LogP contribution in [0.1, 0.15) is 37.9 Å². The van der Waals surface area contributed by atoms with Gasteiger partial charge in [-0.1, -0.05) is 22.9 Å². The summed E-state index contributed by atoms with van der Waals surface area (Å²) in [6, 6.07) is 5.04. The summed E-state index contributed by atoms with van der Waals surface area (Å²) in [5.74, 6) is -1.55. The fourth-order valence-corrected chi connectivity index (χ4v) is 5.59. The summed E-state index contributed by atoms with van der Waals surface area (Å²) in [5, 5.41) is 21.3. The number of hydrogen-bond acceptors (Lipinski definition) is 6. The molecule has 0 saturated carbocycles. The Kier molecular flexibility index (Phi) is 6.07. The maximum Gasteiger partial charge on any atom is 0.487 e. The Morgan fingerprint density at radius 3 is 2.77 bits per heavy atom. The third-order valence-electron chi connectivity index (χ3n) is 6.40. The number of carbonyl (C=O) groups is 2. The van der Waals surface area contributed by atoms with E-state index >= 15 is 0 Å². The Labute approximate surface area is 184 Å². The van der Waals surface area contributed by atoms with Crippen molar-refractivity contribution in [3.8, 4) is 5.75 Å². The van der Waals surface area contributed by atoms with E-state index < -0.39 is 25.1 Å². The molecule has 0 bridgehead atoms. The second kappa shape index (κ2) is 8.46. The van der Waals surface area contributed by atoms with Crippen LogP contribution in [0.15, 0.2) is 33.7 Å². The van der Waals surface area contributed by atoms with E-state index in [1.807, 2.05) is 6.92 Å². The molecule has 4 atom stereocenters. The molecule has 4 rings (SSSR count).